The smallest absolute Gasteiger partial charge is 0.266 e. The first kappa shape index (κ1) is 19.6. The number of hydrazine groups is 1. The summed E-state index contributed by atoms with van der Waals surface area (Å²) in [6.07, 6.45) is 4.91. The molecule has 138 valence electrons. The van der Waals surface area contributed by atoms with Crippen LogP contribution in [0.1, 0.15) is 24.8 Å². The highest BCUT2D eigenvalue weighted by molar-refractivity contribution is 8.26. The highest BCUT2D eigenvalue weighted by atomic mass is 35.5. The van der Waals surface area contributed by atoms with Gasteiger partial charge in [0.05, 0.1) is 4.91 Å². The molecule has 5 nitrogen and oxygen atoms in total. The summed E-state index contributed by atoms with van der Waals surface area (Å²) in [6, 6.07) is 5.14. The number of carbonyl (C=O) groups is 2. The largest absolute Gasteiger partial charge is 0.287 e. The molecule has 1 aromatic rings. The van der Waals surface area contributed by atoms with Gasteiger partial charge in [0.1, 0.15) is 10.9 Å². The second kappa shape index (κ2) is 8.71. The van der Waals surface area contributed by atoms with Crippen LogP contribution in [0.3, 0.4) is 0 Å². The normalized spacial score (nSPS) is 20.1. The number of benzene rings is 1. The van der Waals surface area contributed by atoms with E-state index < -0.39 is 0 Å². The number of rotatable bonds is 4. The Labute approximate surface area is 171 Å². The van der Waals surface area contributed by atoms with E-state index in [-0.39, 0.29) is 18.4 Å². The van der Waals surface area contributed by atoms with Crippen LogP contribution < -0.4 is 5.43 Å². The Kier molecular flexibility index (Phi) is 6.58. The summed E-state index contributed by atoms with van der Waals surface area (Å²) in [5.41, 5.74) is 3.40. The summed E-state index contributed by atoms with van der Waals surface area (Å²) < 4.78 is 0.346. The van der Waals surface area contributed by atoms with Crippen LogP contribution in [-0.4, -0.2) is 45.7 Å². The molecule has 2 saturated heterocycles. The van der Waals surface area contributed by atoms with Crippen molar-refractivity contribution >= 4 is 69.4 Å². The highest BCUT2D eigenvalue weighted by Crippen LogP contribution is 2.35. The zero-order valence-electron chi connectivity index (χ0n) is 13.8. The Bertz CT molecular complexity index is 759. The van der Waals surface area contributed by atoms with E-state index in [0.29, 0.717) is 24.8 Å². The van der Waals surface area contributed by atoms with Crippen LogP contribution in [0, 0.1) is 0 Å². The number of carbonyl (C=O) groups excluding carboxylic acids is 2. The molecule has 2 aliphatic heterocycles. The Morgan fingerprint density at radius 2 is 1.88 bits per heavy atom. The van der Waals surface area contributed by atoms with E-state index in [4.69, 9.17) is 35.4 Å². The van der Waals surface area contributed by atoms with Crippen molar-refractivity contribution in [1.82, 2.24) is 15.3 Å². The van der Waals surface area contributed by atoms with Crippen molar-refractivity contribution in [3.05, 3.63) is 38.7 Å². The lowest BCUT2D eigenvalue weighted by molar-refractivity contribution is -0.131. The number of amides is 2. The van der Waals surface area contributed by atoms with E-state index in [2.05, 4.69) is 5.43 Å². The van der Waals surface area contributed by atoms with Gasteiger partial charge in [-0.15, -0.1) is 0 Å². The number of hydrogen-bond acceptors (Lipinski definition) is 5. The Hall–Kier alpha value is -1.12. The maximum Gasteiger partial charge on any atom is 0.266 e. The standard InChI is InChI=1S/C17H17Cl2N3O2S2/c18-12-5-4-6-13(19)11(12)9-14-16(24)22(17(25)26-14)10-15(23)20-21-7-2-1-3-8-21/h4-6,9H,1-3,7-8,10H2,(H,20,23)/b14-9-. The molecule has 26 heavy (non-hydrogen) atoms. The van der Waals surface area contributed by atoms with Crippen molar-refractivity contribution in [2.45, 2.75) is 19.3 Å². The zero-order chi connectivity index (χ0) is 18.7. The van der Waals surface area contributed by atoms with E-state index >= 15 is 0 Å². The van der Waals surface area contributed by atoms with Crippen molar-refractivity contribution < 1.29 is 9.59 Å². The van der Waals surface area contributed by atoms with Crippen LogP contribution in [0.5, 0.6) is 0 Å². The van der Waals surface area contributed by atoms with Gasteiger partial charge in [0.2, 0.25) is 0 Å². The average molecular weight is 430 g/mol. The fourth-order valence-electron chi connectivity index (χ4n) is 2.78. The highest BCUT2D eigenvalue weighted by Gasteiger charge is 2.34. The van der Waals surface area contributed by atoms with Crippen LogP contribution in [0.15, 0.2) is 23.1 Å². The number of halogens is 2. The first-order valence-corrected chi connectivity index (χ1v) is 10.2. The predicted octanol–water partition coefficient (Wildman–Crippen LogP) is 3.71. The molecule has 0 saturated carbocycles. The van der Waals surface area contributed by atoms with Crippen molar-refractivity contribution in [2.75, 3.05) is 19.6 Å². The third-order valence-corrected chi connectivity index (χ3v) is 6.13. The summed E-state index contributed by atoms with van der Waals surface area (Å²) in [4.78, 5) is 26.6. The van der Waals surface area contributed by atoms with Crippen molar-refractivity contribution in [2.24, 2.45) is 0 Å². The number of hydrogen-bond donors (Lipinski definition) is 1. The summed E-state index contributed by atoms with van der Waals surface area (Å²) in [6.45, 7) is 1.55. The number of piperidine rings is 1. The maximum absolute atomic E-state index is 12.6. The van der Waals surface area contributed by atoms with Crippen molar-refractivity contribution in [3.8, 4) is 0 Å². The fourth-order valence-corrected chi connectivity index (χ4v) is 4.52. The molecule has 0 atom stereocenters. The SMILES string of the molecule is O=C(CN1C(=O)/C(=C/c2c(Cl)cccc2Cl)SC1=S)NN1CCCCC1. The van der Waals surface area contributed by atoms with Gasteiger partial charge in [-0.05, 0) is 31.1 Å². The average Bonchev–Trinajstić information content (AvgIpc) is 2.86. The van der Waals surface area contributed by atoms with Gasteiger partial charge in [0.25, 0.3) is 11.8 Å². The lowest BCUT2D eigenvalue weighted by atomic mass is 10.2. The molecule has 0 aromatic heterocycles. The molecule has 1 N–H and O–H groups in total. The quantitative estimate of drug-likeness (QED) is 0.583. The minimum Gasteiger partial charge on any atom is -0.287 e. The third-order valence-electron chi connectivity index (χ3n) is 4.09. The number of nitrogens with zero attached hydrogens (tertiary/aromatic N) is 2. The summed E-state index contributed by atoms with van der Waals surface area (Å²) in [7, 11) is 0. The van der Waals surface area contributed by atoms with Gasteiger partial charge in [0.15, 0.2) is 0 Å². The Morgan fingerprint density at radius 3 is 2.54 bits per heavy atom. The Balaban J connectivity index is 1.68. The number of thiocarbonyl (C=S) groups is 1. The van der Waals surface area contributed by atoms with Crippen molar-refractivity contribution in [1.29, 1.82) is 0 Å². The molecule has 0 spiro atoms. The minimum atomic E-state index is -0.315. The molecule has 2 fully saturated rings. The second-order valence-corrected chi connectivity index (χ2v) is 8.48. The second-order valence-electron chi connectivity index (χ2n) is 5.99. The molecule has 1 aromatic carbocycles. The topological polar surface area (TPSA) is 52.7 Å². The summed E-state index contributed by atoms with van der Waals surface area (Å²) >= 11 is 18.7. The molecule has 0 bridgehead atoms. The van der Waals surface area contributed by atoms with E-state index in [9.17, 15) is 9.59 Å². The van der Waals surface area contributed by atoms with Crippen LogP contribution in [-0.2, 0) is 9.59 Å². The number of nitrogens with one attached hydrogen (secondary N) is 1. The molecule has 9 heteroatoms. The molecular weight excluding hydrogens is 413 g/mol. The van der Waals surface area contributed by atoms with E-state index in [0.717, 1.165) is 37.7 Å². The molecule has 2 aliphatic rings. The lowest BCUT2D eigenvalue weighted by Crippen LogP contribution is -2.49. The van der Waals surface area contributed by atoms with Gasteiger partial charge in [-0.25, -0.2) is 5.01 Å². The molecule has 0 unspecified atom stereocenters. The minimum absolute atomic E-state index is 0.102. The summed E-state index contributed by atoms with van der Waals surface area (Å²) in [5.74, 6) is -0.565. The third kappa shape index (κ3) is 4.58. The monoisotopic (exact) mass is 429 g/mol. The van der Waals surface area contributed by atoms with Gasteiger partial charge in [-0.1, -0.05) is 59.7 Å². The van der Waals surface area contributed by atoms with Gasteiger partial charge >= 0.3 is 0 Å². The molecule has 2 amide bonds. The first-order valence-electron chi connectivity index (χ1n) is 8.19. The van der Waals surface area contributed by atoms with Crippen molar-refractivity contribution in [3.63, 3.8) is 0 Å². The van der Waals surface area contributed by atoms with E-state index in [1.165, 1.54) is 11.3 Å². The van der Waals surface area contributed by atoms with Gasteiger partial charge in [0, 0.05) is 28.7 Å². The van der Waals surface area contributed by atoms with Gasteiger partial charge < -0.3 is 0 Å². The maximum atomic E-state index is 12.6. The molecule has 0 aliphatic carbocycles. The summed E-state index contributed by atoms with van der Waals surface area (Å²) in [5, 5.41) is 2.79. The zero-order valence-corrected chi connectivity index (χ0v) is 17.0. The van der Waals surface area contributed by atoms with E-state index in [1.54, 1.807) is 24.3 Å². The lowest BCUT2D eigenvalue weighted by Gasteiger charge is -2.27. The molecular formula is C17H17Cl2N3O2S2. The van der Waals surface area contributed by atoms with Gasteiger partial charge in [-0.2, -0.15) is 0 Å². The van der Waals surface area contributed by atoms with Crippen LogP contribution in [0.25, 0.3) is 6.08 Å². The first-order chi connectivity index (χ1) is 12.5. The fraction of sp³-hybridized carbons (Fsp3) is 0.353. The van der Waals surface area contributed by atoms with E-state index in [1.807, 2.05) is 5.01 Å². The molecule has 3 rings (SSSR count). The van der Waals surface area contributed by atoms with Crippen LogP contribution in [0.4, 0.5) is 0 Å². The molecule has 0 radical (unpaired) electrons. The van der Waals surface area contributed by atoms with Gasteiger partial charge in [-0.3, -0.25) is 19.9 Å². The Morgan fingerprint density at radius 1 is 1.23 bits per heavy atom. The van der Waals surface area contributed by atoms with Crippen LogP contribution in [0.2, 0.25) is 10.0 Å². The predicted molar refractivity (Wildman–Crippen MR) is 110 cm³/mol. The molecule has 2 heterocycles. The number of thioether (sulfide) groups is 1. The van der Waals surface area contributed by atoms with Crippen LogP contribution >= 0.6 is 47.2 Å².